The number of anilines is 1. The molecule has 0 aliphatic carbocycles. The van der Waals surface area contributed by atoms with Crippen LogP contribution in [0.4, 0.5) is 9.80 Å². The van der Waals surface area contributed by atoms with E-state index in [1.54, 1.807) is 0 Å². The van der Waals surface area contributed by atoms with E-state index in [9.17, 15) is 9.59 Å². The zero-order chi connectivity index (χ0) is 11.6. The number of primary amides is 2. The molecule has 0 fully saturated rings. The number of hydrogen-bond acceptors (Lipinski definition) is 4. The van der Waals surface area contributed by atoms with E-state index >= 15 is 0 Å². The quantitative estimate of drug-likeness (QED) is 0.713. The maximum absolute atomic E-state index is 11.2. The Labute approximate surface area is 90.8 Å². The van der Waals surface area contributed by atoms with Gasteiger partial charge >= 0.3 is 6.03 Å². The number of nitrogens with two attached hydrogens (primary N) is 2. The van der Waals surface area contributed by atoms with E-state index < -0.39 is 11.9 Å². The molecule has 1 heterocycles. The van der Waals surface area contributed by atoms with E-state index in [2.05, 4.69) is 9.69 Å². The lowest BCUT2D eigenvalue weighted by Gasteiger charge is -2.04. The third-order valence-electron chi connectivity index (χ3n) is 1.75. The van der Waals surface area contributed by atoms with Crippen molar-refractivity contribution in [2.45, 2.75) is 19.8 Å². The van der Waals surface area contributed by atoms with Gasteiger partial charge in [-0.2, -0.15) is 4.37 Å². The normalized spacial score (nSPS) is 10.3. The highest BCUT2D eigenvalue weighted by molar-refractivity contribution is 7.11. The fourth-order valence-electron chi connectivity index (χ4n) is 1.13. The van der Waals surface area contributed by atoms with Crippen molar-refractivity contribution in [2.24, 2.45) is 11.5 Å². The Bertz CT molecular complexity index is 399. The summed E-state index contributed by atoms with van der Waals surface area (Å²) in [4.78, 5) is 21.8. The SMILES string of the molecule is CC(C)c1nsc(NC(N)=O)c1C(N)=O. The van der Waals surface area contributed by atoms with Gasteiger partial charge in [0.05, 0.1) is 11.3 Å². The van der Waals surface area contributed by atoms with E-state index in [1.165, 1.54) is 0 Å². The van der Waals surface area contributed by atoms with Crippen molar-refractivity contribution in [3.63, 3.8) is 0 Å². The Kier molecular flexibility index (Phi) is 3.25. The molecule has 0 aliphatic rings. The Morgan fingerprint density at radius 2 is 2.00 bits per heavy atom. The lowest BCUT2D eigenvalue weighted by Crippen LogP contribution is -2.22. The highest BCUT2D eigenvalue weighted by Gasteiger charge is 2.21. The highest BCUT2D eigenvalue weighted by atomic mass is 32.1. The highest BCUT2D eigenvalue weighted by Crippen LogP contribution is 2.29. The summed E-state index contributed by atoms with van der Waals surface area (Å²) in [5.74, 6) is -0.552. The van der Waals surface area contributed by atoms with Crippen LogP contribution < -0.4 is 16.8 Å². The lowest BCUT2D eigenvalue weighted by molar-refractivity contribution is 0.1000. The summed E-state index contributed by atoms with van der Waals surface area (Å²) < 4.78 is 4.06. The molecular weight excluding hydrogens is 216 g/mol. The molecule has 0 unspecified atom stereocenters. The van der Waals surface area contributed by atoms with E-state index in [1.807, 2.05) is 13.8 Å². The summed E-state index contributed by atoms with van der Waals surface area (Å²) in [7, 11) is 0. The standard InChI is InChI=1S/C8H12N4O2S/c1-3(2)5-4(6(9)13)7(15-12-5)11-8(10)14/h3H,1-2H3,(H2,9,13)(H3,10,11,14). The van der Waals surface area contributed by atoms with Gasteiger partial charge in [0.15, 0.2) is 0 Å². The molecule has 6 nitrogen and oxygen atoms in total. The third kappa shape index (κ3) is 2.44. The van der Waals surface area contributed by atoms with E-state index in [0.717, 1.165) is 11.5 Å². The summed E-state index contributed by atoms with van der Waals surface area (Å²) in [5.41, 5.74) is 11.0. The van der Waals surface area contributed by atoms with Gasteiger partial charge in [0, 0.05) is 0 Å². The Hall–Kier alpha value is -1.63. The topological polar surface area (TPSA) is 111 Å². The zero-order valence-electron chi connectivity index (χ0n) is 8.40. The van der Waals surface area contributed by atoms with Crippen molar-refractivity contribution in [3.05, 3.63) is 11.3 Å². The van der Waals surface area contributed by atoms with Gasteiger partial charge in [-0.3, -0.25) is 10.1 Å². The van der Waals surface area contributed by atoms with E-state index in [0.29, 0.717) is 10.7 Å². The van der Waals surface area contributed by atoms with Crippen LogP contribution in [0.2, 0.25) is 0 Å². The van der Waals surface area contributed by atoms with Crippen molar-refractivity contribution < 1.29 is 9.59 Å². The van der Waals surface area contributed by atoms with Crippen LogP contribution in [0.25, 0.3) is 0 Å². The van der Waals surface area contributed by atoms with Crippen molar-refractivity contribution in [3.8, 4) is 0 Å². The van der Waals surface area contributed by atoms with Gasteiger partial charge in [0.1, 0.15) is 5.00 Å². The smallest absolute Gasteiger partial charge is 0.317 e. The van der Waals surface area contributed by atoms with Crippen LogP contribution in [0, 0.1) is 0 Å². The first-order valence-electron chi connectivity index (χ1n) is 4.29. The van der Waals surface area contributed by atoms with Gasteiger partial charge in [-0.05, 0) is 17.5 Å². The summed E-state index contributed by atoms with van der Waals surface area (Å²) >= 11 is 0.998. The predicted molar refractivity (Wildman–Crippen MR) is 57.9 cm³/mol. The molecule has 3 amide bonds. The summed E-state index contributed by atoms with van der Waals surface area (Å²) in [6.45, 7) is 3.77. The molecule has 5 N–H and O–H groups in total. The van der Waals surface area contributed by atoms with E-state index in [4.69, 9.17) is 11.5 Å². The summed E-state index contributed by atoms with van der Waals surface area (Å²) in [6.07, 6.45) is 0. The minimum Gasteiger partial charge on any atom is -0.365 e. The number of hydrogen-bond donors (Lipinski definition) is 3. The first kappa shape index (κ1) is 11.4. The third-order valence-corrected chi connectivity index (χ3v) is 2.53. The average molecular weight is 228 g/mol. The molecule has 1 aromatic rings. The molecule has 7 heteroatoms. The Morgan fingerprint density at radius 3 is 2.40 bits per heavy atom. The first-order valence-corrected chi connectivity index (χ1v) is 5.06. The van der Waals surface area contributed by atoms with Crippen LogP contribution >= 0.6 is 11.5 Å². The molecule has 82 valence electrons. The maximum Gasteiger partial charge on any atom is 0.317 e. The number of aromatic nitrogens is 1. The van der Waals surface area contributed by atoms with Crippen LogP contribution in [-0.2, 0) is 0 Å². The number of carbonyl (C=O) groups excluding carboxylic acids is 2. The first-order chi connectivity index (χ1) is 6.93. The Balaban J connectivity index is 3.18. The van der Waals surface area contributed by atoms with Crippen LogP contribution in [0.3, 0.4) is 0 Å². The fourth-order valence-corrected chi connectivity index (χ4v) is 2.07. The molecule has 1 rings (SSSR count). The largest absolute Gasteiger partial charge is 0.365 e. The second-order valence-corrected chi connectivity index (χ2v) is 4.05. The van der Waals surface area contributed by atoms with Crippen LogP contribution in [-0.4, -0.2) is 16.3 Å². The number of nitrogens with one attached hydrogen (secondary N) is 1. The minimum atomic E-state index is -0.739. The van der Waals surface area contributed by atoms with Gasteiger partial charge in [-0.15, -0.1) is 0 Å². The molecule has 0 aliphatic heterocycles. The van der Waals surface area contributed by atoms with Crippen LogP contribution in [0.15, 0.2) is 0 Å². The number of nitrogens with zero attached hydrogens (tertiary/aromatic N) is 1. The molecule has 0 radical (unpaired) electrons. The number of carbonyl (C=O) groups is 2. The number of urea groups is 1. The van der Waals surface area contributed by atoms with Crippen molar-refractivity contribution in [1.82, 2.24) is 4.37 Å². The van der Waals surface area contributed by atoms with Crippen molar-refractivity contribution >= 4 is 28.5 Å². The molecule has 0 spiro atoms. The molecule has 0 atom stereocenters. The molecule has 1 aromatic heterocycles. The molecule has 15 heavy (non-hydrogen) atoms. The Morgan fingerprint density at radius 1 is 1.40 bits per heavy atom. The van der Waals surface area contributed by atoms with E-state index in [-0.39, 0.29) is 11.5 Å². The van der Waals surface area contributed by atoms with Crippen molar-refractivity contribution in [2.75, 3.05) is 5.32 Å². The monoisotopic (exact) mass is 228 g/mol. The fraction of sp³-hybridized carbons (Fsp3) is 0.375. The molecule has 0 bridgehead atoms. The molecule has 0 saturated heterocycles. The summed E-state index contributed by atoms with van der Waals surface area (Å²) in [6, 6.07) is -0.739. The van der Waals surface area contributed by atoms with Crippen molar-refractivity contribution in [1.29, 1.82) is 0 Å². The second-order valence-electron chi connectivity index (χ2n) is 3.28. The zero-order valence-corrected chi connectivity index (χ0v) is 9.22. The van der Waals surface area contributed by atoms with Crippen LogP contribution in [0.5, 0.6) is 0 Å². The summed E-state index contributed by atoms with van der Waals surface area (Å²) in [5, 5.41) is 2.63. The molecule has 0 saturated carbocycles. The predicted octanol–water partition coefficient (Wildman–Crippen LogP) is 0.856. The average Bonchev–Trinajstić information content (AvgIpc) is 2.46. The molecule has 0 aromatic carbocycles. The van der Waals surface area contributed by atoms with Gasteiger partial charge in [-0.25, -0.2) is 4.79 Å². The maximum atomic E-state index is 11.2. The minimum absolute atomic E-state index is 0.0622. The molecular formula is C8H12N4O2S. The second kappa shape index (κ2) is 4.26. The van der Waals surface area contributed by atoms with Gasteiger partial charge in [0.25, 0.3) is 5.91 Å². The number of amides is 3. The number of rotatable bonds is 3. The van der Waals surface area contributed by atoms with Gasteiger partial charge in [-0.1, -0.05) is 13.8 Å². The van der Waals surface area contributed by atoms with Crippen LogP contribution in [0.1, 0.15) is 35.8 Å². The lowest BCUT2D eigenvalue weighted by atomic mass is 10.1. The van der Waals surface area contributed by atoms with Gasteiger partial charge in [0.2, 0.25) is 0 Å². The van der Waals surface area contributed by atoms with Gasteiger partial charge < -0.3 is 11.5 Å².